The zero-order valence-electron chi connectivity index (χ0n) is 33.5. The molecular formula is C58H35N3O. The predicted octanol–water partition coefficient (Wildman–Crippen LogP) is 14.4. The Kier molecular flexibility index (Phi) is 7.49. The van der Waals surface area contributed by atoms with Crippen LogP contribution in [0.25, 0.3) is 101 Å². The van der Waals surface area contributed by atoms with Gasteiger partial charge in [0.15, 0.2) is 17.5 Å². The number of furan rings is 1. The number of nitrogens with zero attached hydrogens (tertiary/aromatic N) is 3. The van der Waals surface area contributed by atoms with Gasteiger partial charge >= 0.3 is 0 Å². The van der Waals surface area contributed by atoms with Crippen molar-refractivity contribution in [3.63, 3.8) is 0 Å². The van der Waals surface area contributed by atoms with Gasteiger partial charge in [0.1, 0.15) is 11.2 Å². The number of aromatic nitrogens is 3. The first-order valence-corrected chi connectivity index (χ1v) is 21.1. The molecule has 2 aromatic heterocycles. The maximum absolute atomic E-state index is 6.26. The van der Waals surface area contributed by atoms with Crippen LogP contribution in [-0.2, 0) is 5.41 Å². The van der Waals surface area contributed by atoms with Gasteiger partial charge in [-0.1, -0.05) is 194 Å². The molecule has 62 heavy (non-hydrogen) atoms. The Balaban J connectivity index is 0.915. The van der Waals surface area contributed by atoms with Crippen molar-refractivity contribution < 1.29 is 4.42 Å². The molecule has 0 aliphatic heterocycles. The fourth-order valence-corrected chi connectivity index (χ4v) is 10.4. The van der Waals surface area contributed by atoms with Crippen molar-refractivity contribution in [2.24, 2.45) is 0 Å². The molecule has 2 aliphatic carbocycles. The third-order valence-electron chi connectivity index (χ3n) is 13.0. The van der Waals surface area contributed by atoms with Crippen molar-refractivity contribution in [1.29, 1.82) is 0 Å². The molecule has 0 unspecified atom stereocenters. The van der Waals surface area contributed by atoms with Crippen molar-refractivity contribution in [2.45, 2.75) is 5.41 Å². The summed E-state index contributed by atoms with van der Waals surface area (Å²) in [5.74, 6) is 1.83. The molecule has 0 N–H and O–H groups in total. The van der Waals surface area contributed by atoms with Crippen LogP contribution in [0, 0.1) is 0 Å². The summed E-state index contributed by atoms with van der Waals surface area (Å²) in [5, 5.41) is 2.03. The maximum Gasteiger partial charge on any atom is 0.164 e. The number of hydrogen-bond acceptors (Lipinski definition) is 4. The molecule has 4 nitrogen and oxygen atoms in total. The van der Waals surface area contributed by atoms with Gasteiger partial charge in [-0.05, 0) is 85.0 Å². The van der Waals surface area contributed by atoms with Gasteiger partial charge in [0.2, 0.25) is 0 Å². The van der Waals surface area contributed by atoms with Crippen LogP contribution in [0.1, 0.15) is 22.3 Å². The highest BCUT2D eigenvalue weighted by atomic mass is 16.3. The molecule has 13 rings (SSSR count). The van der Waals surface area contributed by atoms with Gasteiger partial charge in [-0.15, -0.1) is 0 Å². The van der Waals surface area contributed by atoms with Gasteiger partial charge in [0.25, 0.3) is 0 Å². The molecule has 4 heteroatoms. The minimum atomic E-state index is -0.371. The molecule has 2 aliphatic rings. The summed E-state index contributed by atoms with van der Waals surface area (Å²) in [6, 6.07) is 75.7. The molecule has 288 valence electrons. The smallest absolute Gasteiger partial charge is 0.164 e. The van der Waals surface area contributed by atoms with Crippen LogP contribution in [0.4, 0.5) is 0 Å². The van der Waals surface area contributed by atoms with E-state index >= 15 is 0 Å². The van der Waals surface area contributed by atoms with E-state index in [9.17, 15) is 0 Å². The Bertz CT molecular complexity index is 3540. The van der Waals surface area contributed by atoms with E-state index in [1.165, 1.54) is 55.6 Å². The number of hydrogen-bond donors (Lipinski definition) is 0. The Labute approximate surface area is 358 Å². The van der Waals surface area contributed by atoms with Crippen molar-refractivity contribution >= 4 is 21.9 Å². The molecule has 0 atom stereocenters. The molecule has 2 heterocycles. The molecule has 1 spiro atoms. The summed E-state index contributed by atoms with van der Waals surface area (Å²) >= 11 is 0. The van der Waals surface area contributed by atoms with E-state index in [2.05, 4.69) is 152 Å². The van der Waals surface area contributed by atoms with E-state index in [-0.39, 0.29) is 5.41 Å². The summed E-state index contributed by atoms with van der Waals surface area (Å²) in [6.07, 6.45) is 0. The van der Waals surface area contributed by atoms with Crippen LogP contribution < -0.4 is 0 Å². The molecule has 0 bridgehead atoms. The van der Waals surface area contributed by atoms with Crippen LogP contribution in [0.3, 0.4) is 0 Å². The topological polar surface area (TPSA) is 51.8 Å². The van der Waals surface area contributed by atoms with E-state index in [0.29, 0.717) is 17.5 Å². The lowest BCUT2D eigenvalue weighted by Gasteiger charge is -2.30. The van der Waals surface area contributed by atoms with Crippen LogP contribution in [0.2, 0.25) is 0 Å². The molecule has 9 aromatic carbocycles. The Hall–Kier alpha value is -8.21. The van der Waals surface area contributed by atoms with E-state index < -0.39 is 0 Å². The average Bonchev–Trinajstić information content (AvgIpc) is 3.99. The summed E-state index contributed by atoms with van der Waals surface area (Å²) in [6.45, 7) is 0. The zero-order valence-corrected chi connectivity index (χ0v) is 33.5. The lowest BCUT2D eigenvalue weighted by Crippen LogP contribution is -2.25. The lowest BCUT2D eigenvalue weighted by atomic mass is 9.70. The maximum atomic E-state index is 6.26. The second kappa shape index (κ2) is 13.4. The first-order chi connectivity index (χ1) is 30.7. The summed E-state index contributed by atoms with van der Waals surface area (Å²) in [7, 11) is 0. The van der Waals surface area contributed by atoms with Crippen molar-refractivity contribution in [2.75, 3.05) is 0 Å². The van der Waals surface area contributed by atoms with Gasteiger partial charge in [-0.3, -0.25) is 0 Å². The van der Waals surface area contributed by atoms with Crippen molar-refractivity contribution in [1.82, 2.24) is 15.0 Å². The van der Waals surface area contributed by atoms with Crippen molar-refractivity contribution in [3.05, 3.63) is 235 Å². The molecule has 0 saturated heterocycles. The number of rotatable bonds is 5. The molecule has 11 aromatic rings. The first kappa shape index (κ1) is 34.6. The van der Waals surface area contributed by atoms with Gasteiger partial charge in [0, 0.05) is 27.5 Å². The standard InChI is InChI=1S/C58H35N3O/c1-2-15-38(16-3-1)55-59-56(61-57(60-55)46-24-14-30-52-54(46)45-22-7-11-29-51(45)62-52)40-18-12-17-39(35-40)36-31-33-37(34-32-36)41-23-13-28-50-53(41)44-21-6-10-27-49(44)58(50)47-25-8-4-19-42(47)43-20-5-9-26-48(43)58/h1-35H. The van der Waals surface area contributed by atoms with E-state index in [0.717, 1.165) is 49.8 Å². The second-order valence-electron chi connectivity index (χ2n) is 16.2. The number of para-hydroxylation sites is 1. The monoisotopic (exact) mass is 789 g/mol. The minimum Gasteiger partial charge on any atom is -0.456 e. The highest BCUT2D eigenvalue weighted by Crippen LogP contribution is 2.63. The predicted molar refractivity (Wildman–Crippen MR) is 251 cm³/mol. The van der Waals surface area contributed by atoms with E-state index in [4.69, 9.17) is 19.4 Å². The first-order valence-electron chi connectivity index (χ1n) is 21.1. The van der Waals surface area contributed by atoms with Gasteiger partial charge in [0.05, 0.1) is 5.41 Å². The molecule has 0 radical (unpaired) electrons. The highest BCUT2D eigenvalue weighted by Gasteiger charge is 2.51. The molecular weight excluding hydrogens is 755 g/mol. The summed E-state index contributed by atoms with van der Waals surface area (Å²) in [5.41, 5.74) is 19.3. The fraction of sp³-hybridized carbons (Fsp3) is 0.0172. The molecule has 0 saturated carbocycles. The van der Waals surface area contributed by atoms with E-state index in [1.807, 2.05) is 60.7 Å². The van der Waals surface area contributed by atoms with Gasteiger partial charge in [-0.25, -0.2) is 15.0 Å². The molecule has 0 amide bonds. The van der Waals surface area contributed by atoms with Crippen LogP contribution in [-0.4, -0.2) is 15.0 Å². The summed E-state index contributed by atoms with van der Waals surface area (Å²) in [4.78, 5) is 15.3. The molecule has 0 fully saturated rings. The fourth-order valence-electron chi connectivity index (χ4n) is 10.4. The van der Waals surface area contributed by atoms with E-state index in [1.54, 1.807) is 0 Å². The largest absolute Gasteiger partial charge is 0.456 e. The third-order valence-corrected chi connectivity index (χ3v) is 13.0. The quantitative estimate of drug-likeness (QED) is 0.174. The Morgan fingerprint density at radius 2 is 0.806 bits per heavy atom. The van der Waals surface area contributed by atoms with Gasteiger partial charge < -0.3 is 4.42 Å². The average molecular weight is 790 g/mol. The van der Waals surface area contributed by atoms with Crippen molar-refractivity contribution in [3.8, 4) is 78.7 Å². The summed E-state index contributed by atoms with van der Waals surface area (Å²) < 4.78 is 6.26. The minimum absolute atomic E-state index is 0.371. The SMILES string of the molecule is c1ccc(-c2nc(-c3cccc(-c4ccc(-c5cccc6c5-c5ccccc5C65c6ccccc6-c6ccccc65)cc4)c3)nc(-c3cccc4oc5ccccc5c34)n2)cc1. The second-order valence-corrected chi connectivity index (χ2v) is 16.2. The Morgan fingerprint density at radius 1 is 0.306 bits per heavy atom. The van der Waals surface area contributed by atoms with Crippen LogP contribution in [0.15, 0.2) is 217 Å². The zero-order chi connectivity index (χ0) is 40.8. The number of fused-ring (bicyclic) bond motifs is 13. The Morgan fingerprint density at radius 3 is 1.58 bits per heavy atom. The van der Waals surface area contributed by atoms with Crippen LogP contribution >= 0.6 is 0 Å². The number of benzene rings is 9. The van der Waals surface area contributed by atoms with Crippen LogP contribution in [0.5, 0.6) is 0 Å². The lowest BCUT2D eigenvalue weighted by molar-refractivity contribution is 0.669. The van der Waals surface area contributed by atoms with Gasteiger partial charge in [-0.2, -0.15) is 0 Å². The highest BCUT2D eigenvalue weighted by molar-refractivity contribution is 6.11. The third kappa shape index (κ3) is 4.98. The normalized spacial score (nSPS) is 13.0.